The number of amides is 1. The molecule has 35 heavy (non-hydrogen) atoms. The van der Waals surface area contributed by atoms with Crippen LogP contribution in [0, 0.1) is 5.92 Å². The monoisotopic (exact) mass is 490 g/mol. The van der Waals surface area contributed by atoms with Gasteiger partial charge in [-0.1, -0.05) is 30.0 Å². The summed E-state index contributed by atoms with van der Waals surface area (Å²) in [6.07, 6.45) is 4.10. The Morgan fingerprint density at radius 1 is 0.971 bits per heavy atom. The zero-order valence-corrected chi connectivity index (χ0v) is 20.5. The molecule has 5 heterocycles. The maximum absolute atomic E-state index is 13.8. The Kier molecular flexibility index (Phi) is 6.50. The number of anilines is 2. The number of para-hydroxylation sites is 1. The number of piperidine rings is 3. The van der Waals surface area contributed by atoms with Crippen LogP contribution in [0.3, 0.4) is 0 Å². The third-order valence-corrected chi connectivity index (χ3v) is 8.18. The summed E-state index contributed by atoms with van der Waals surface area (Å²) >= 11 is 1.52. The first-order valence-corrected chi connectivity index (χ1v) is 13.2. The third-order valence-electron chi connectivity index (χ3n) is 7.28. The van der Waals surface area contributed by atoms with Gasteiger partial charge in [0.15, 0.2) is 5.09 Å². The fourth-order valence-corrected chi connectivity index (χ4v) is 6.12. The molecule has 0 saturated carbocycles. The standard InChI is InChI=1S/C27H30N4O3S/c32-26(31(22-4-2-1-3-5-22)24-19-29-12-10-20(24)11-13-29)21-6-8-23(9-7-21)35-25-18-28-27(34-25)30-14-16-33-17-15-30/h1-9,18,20,24H,10-17,19H2/t24-/m0/s1. The van der Waals surface area contributed by atoms with Gasteiger partial charge < -0.3 is 23.9 Å². The minimum absolute atomic E-state index is 0.0702. The number of aromatic nitrogens is 1. The van der Waals surface area contributed by atoms with Crippen LogP contribution in [-0.4, -0.2) is 67.8 Å². The molecule has 2 aromatic carbocycles. The molecule has 0 spiro atoms. The second-order valence-corrected chi connectivity index (χ2v) is 10.5. The second-order valence-electron chi connectivity index (χ2n) is 9.40. The van der Waals surface area contributed by atoms with Crippen LogP contribution in [0.15, 0.2) is 75.2 Å². The van der Waals surface area contributed by atoms with Gasteiger partial charge in [-0.3, -0.25) is 4.79 Å². The van der Waals surface area contributed by atoms with Gasteiger partial charge in [0.1, 0.15) is 0 Å². The normalized spacial score (nSPS) is 23.9. The van der Waals surface area contributed by atoms with Crippen molar-refractivity contribution < 1.29 is 13.9 Å². The average molecular weight is 491 g/mol. The number of hydrogen-bond acceptors (Lipinski definition) is 7. The van der Waals surface area contributed by atoms with Gasteiger partial charge in [0.25, 0.3) is 11.9 Å². The van der Waals surface area contributed by atoms with Gasteiger partial charge in [0, 0.05) is 35.8 Å². The first-order chi connectivity index (χ1) is 17.2. The first kappa shape index (κ1) is 22.6. The van der Waals surface area contributed by atoms with E-state index in [0.717, 1.165) is 48.4 Å². The third kappa shape index (κ3) is 4.83. The highest BCUT2D eigenvalue weighted by Crippen LogP contribution is 2.35. The molecule has 8 heteroatoms. The van der Waals surface area contributed by atoms with Crippen LogP contribution in [-0.2, 0) is 4.74 Å². The summed E-state index contributed by atoms with van der Waals surface area (Å²) in [4.78, 5) is 25.9. The van der Waals surface area contributed by atoms with Crippen LogP contribution in [0.4, 0.5) is 11.7 Å². The maximum atomic E-state index is 13.8. The summed E-state index contributed by atoms with van der Waals surface area (Å²) in [6.45, 7) is 6.23. The average Bonchev–Trinajstić information content (AvgIpc) is 3.40. The van der Waals surface area contributed by atoms with E-state index in [0.29, 0.717) is 30.7 Å². The number of rotatable bonds is 6. The second kappa shape index (κ2) is 10.0. The van der Waals surface area contributed by atoms with E-state index in [2.05, 4.69) is 26.9 Å². The number of fused-ring (bicyclic) bond motifs is 3. The summed E-state index contributed by atoms with van der Waals surface area (Å²) in [5, 5.41) is 0.740. The van der Waals surface area contributed by atoms with E-state index in [1.54, 1.807) is 6.20 Å². The molecule has 3 aromatic rings. The molecule has 7 nitrogen and oxygen atoms in total. The van der Waals surface area contributed by atoms with E-state index in [1.165, 1.54) is 24.6 Å². The SMILES string of the molecule is O=C(c1ccc(Sc2cnc(N3CCOCC3)o2)cc1)N(c1ccccc1)[C@H]1CN2CCC1CC2. The van der Waals surface area contributed by atoms with Gasteiger partial charge in [-0.25, -0.2) is 4.98 Å². The molecular weight excluding hydrogens is 460 g/mol. The predicted octanol–water partition coefficient (Wildman–Crippen LogP) is 4.40. The molecule has 7 rings (SSSR count). The number of benzene rings is 2. The quantitative estimate of drug-likeness (QED) is 0.507. The van der Waals surface area contributed by atoms with Crippen molar-refractivity contribution in [2.75, 3.05) is 55.7 Å². The highest BCUT2D eigenvalue weighted by molar-refractivity contribution is 7.99. The minimum atomic E-state index is 0.0702. The predicted molar refractivity (Wildman–Crippen MR) is 136 cm³/mol. The Bertz CT molecular complexity index is 1140. The van der Waals surface area contributed by atoms with E-state index in [9.17, 15) is 4.79 Å². The van der Waals surface area contributed by atoms with Crippen LogP contribution in [0.1, 0.15) is 23.2 Å². The van der Waals surface area contributed by atoms with Crippen molar-refractivity contribution in [3.63, 3.8) is 0 Å². The van der Waals surface area contributed by atoms with Crippen molar-refractivity contribution in [2.24, 2.45) is 5.92 Å². The lowest BCUT2D eigenvalue weighted by molar-refractivity contribution is 0.0734. The summed E-state index contributed by atoms with van der Waals surface area (Å²) in [6, 6.07) is 18.8. The lowest BCUT2D eigenvalue weighted by Gasteiger charge is -2.49. The van der Waals surface area contributed by atoms with E-state index >= 15 is 0 Å². The van der Waals surface area contributed by atoms with Gasteiger partial charge in [0.05, 0.1) is 25.5 Å². The van der Waals surface area contributed by atoms with Gasteiger partial charge in [-0.2, -0.15) is 0 Å². The molecule has 0 aliphatic carbocycles. The lowest BCUT2D eigenvalue weighted by Crippen LogP contribution is -2.59. The number of oxazole rings is 1. The Balaban J connectivity index is 1.19. The van der Waals surface area contributed by atoms with Crippen LogP contribution in [0.2, 0.25) is 0 Å². The molecule has 1 amide bonds. The summed E-state index contributed by atoms with van der Waals surface area (Å²) in [5.41, 5.74) is 1.69. The molecule has 4 fully saturated rings. The largest absolute Gasteiger partial charge is 0.417 e. The number of morpholine rings is 1. The fraction of sp³-hybridized carbons (Fsp3) is 0.407. The Hall–Kier alpha value is -2.81. The molecule has 1 aromatic heterocycles. The number of nitrogens with zero attached hydrogens (tertiary/aromatic N) is 4. The number of ether oxygens (including phenoxy) is 1. The molecular formula is C27H30N4O3S. The van der Waals surface area contributed by atoms with Crippen LogP contribution in [0.25, 0.3) is 0 Å². The molecule has 0 radical (unpaired) electrons. The fourth-order valence-electron chi connectivity index (χ4n) is 5.39. The molecule has 0 N–H and O–H groups in total. The van der Waals surface area contributed by atoms with Crippen molar-refractivity contribution in [1.29, 1.82) is 0 Å². The van der Waals surface area contributed by atoms with Crippen molar-refractivity contribution in [2.45, 2.75) is 28.9 Å². The highest BCUT2D eigenvalue weighted by Gasteiger charge is 2.40. The van der Waals surface area contributed by atoms with E-state index in [-0.39, 0.29) is 11.9 Å². The van der Waals surface area contributed by atoms with Crippen LogP contribution in [0.5, 0.6) is 0 Å². The lowest BCUT2D eigenvalue weighted by atomic mass is 9.82. The Labute approximate surface area is 210 Å². The van der Waals surface area contributed by atoms with Crippen LogP contribution >= 0.6 is 11.8 Å². The zero-order valence-electron chi connectivity index (χ0n) is 19.7. The molecule has 4 aliphatic rings. The van der Waals surface area contributed by atoms with E-state index in [4.69, 9.17) is 9.15 Å². The zero-order chi connectivity index (χ0) is 23.6. The minimum Gasteiger partial charge on any atom is -0.417 e. The summed E-state index contributed by atoms with van der Waals surface area (Å²) in [7, 11) is 0. The summed E-state index contributed by atoms with van der Waals surface area (Å²) in [5.74, 6) is 0.631. The molecule has 1 atom stereocenters. The van der Waals surface area contributed by atoms with Crippen molar-refractivity contribution >= 4 is 29.4 Å². The molecule has 4 saturated heterocycles. The number of carbonyl (C=O) groups is 1. The van der Waals surface area contributed by atoms with Gasteiger partial charge in [-0.15, -0.1) is 0 Å². The smallest absolute Gasteiger partial charge is 0.298 e. The first-order valence-electron chi connectivity index (χ1n) is 12.4. The molecule has 2 bridgehead atoms. The Morgan fingerprint density at radius 2 is 1.71 bits per heavy atom. The summed E-state index contributed by atoms with van der Waals surface area (Å²) < 4.78 is 11.4. The van der Waals surface area contributed by atoms with Crippen LogP contribution < -0.4 is 9.80 Å². The van der Waals surface area contributed by atoms with Gasteiger partial charge >= 0.3 is 0 Å². The van der Waals surface area contributed by atoms with Gasteiger partial charge in [0.2, 0.25) is 0 Å². The van der Waals surface area contributed by atoms with Crippen molar-refractivity contribution in [3.8, 4) is 0 Å². The molecule has 0 unspecified atom stereocenters. The topological polar surface area (TPSA) is 62.1 Å². The highest BCUT2D eigenvalue weighted by atomic mass is 32.2. The van der Waals surface area contributed by atoms with E-state index in [1.807, 2.05) is 47.4 Å². The number of hydrogen-bond donors (Lipinski definition) is 0. The molecule has 4 aliphatic heterocycles. The van der Waals surface area contributed by atoms with Crippen molar-refractivity contribution in [1.82, 2.24) is 9.88 Å². The van der Waals surface area contributed by atoms with Crippen molar-refractivity contribution in [3.05, 3.63) is 66.4 Å². The maximum Gasteiger partial charge on any atom is 0.298 e. The molecule has 182 valence electrons. The van der Waals surface area contributed by atoms with E-state index < -0.39 is 0 Å². The Morgan fingerprint density at radius 3 is 2.40 bits per heavy atom. The van der Waals surface area contributed by atoms with Gasteiger partial charge in [-0.05, 0) is 68.2 Å². The number of carbonyl (C=O) groups excluding carboxylic acids is 1.